The van der Waals surface area contributed by atoms with E-state index in [9.17, 15) is 0 Å². The molecule has 2 aliphatic rings. The summed E-state index contributed by atoms with van der Waals surface area (Å²) in [6.07, 6.45) is 16.9. The molecule has 0 bridgehead atoms. The Balaban J connectivity index is 1.36. The predicted octanol–water partition coefficient (Wildman–Crippen LogP) is 4.43. The minimum atomic E-state index is 0.552. The molecule has 1 saturated carbocycles. The number of hydrogen-bond acceptors (Lipinski definition) is 4. The number of nitrogens with two attached hydrogens (primary N) is 1. The quantitative estimate of drug-likeness (QED) is 0.442. The van der Waals surface area contributed by atoms with Crippen molar-refractivity contribution >= 4 is 29.0 Å². The van der Waals surface area contributed by atoms with Crippen molar-refractivity contribution in [3.63, 3.8) is 0 Å². The predicted molar refractivity (Wildman–Crippen MR) is 142 cm³/mol. The van der Waals surface area contributed by atoms with Gasteiger partial charge in [0.1, 0.15) is 11.3 Å². The van der Waals surface area contributed by atoms with Gasteiger partial charge in [0.15, 0.2) is 5.82 Å². The number of nitrogen functional groups attached to an aromatic ring is 1. The van der Waals surface area contributed by atoms with Gasteiger partial charge < -0.3 is 15.6 Å². The Hall–Kier alpha value is -2.66. The lowest BCUT2D eigenvalue weighted by atomic mass is 10.0. The van der Waals surface area contributed by atoms with E-state index in [4.69, 9.17) is 10.7 Å². The fourth-order valence-electron chi connectivity index (χ4n) is 5.60. The zero-order valence-electron chi connectivity index (χ0n) is 20.7. The number of unbranched alkanes of at least 4 members (excludes halogenated alkanes) is 1. The van der Waals surface area contributed by atoms with Crippen molar-refractivity contribution < 1.29 is 0 Å². The maximum atomic E-state index is 6.37. The summed E-state index contributed by atoms with van der Waals surface area (Å²) < 4.78 is 2.40. The first-order valence-electron chi connectivity index (χ1n) is 13.4. The first-order chi connectivity index (χ1) is 16.7. The molecular weight excluding hydrogens is 418 g/mol. The molecule has 0 radical (unpaired) electrons. The molecule has 5 rings (SSSR count). The number of benzene rings is 1. The van der Waals surface area contributed by atoms with Crippen molar-refractivity contribution in [3.8, 4) is 0 Å². The Kier molecular flexibility index (Phi) is 7.29. The number of nitrogens with zero attached hydrogens (tertiary/aromatic N) is 3. The Morgan fingerprint density at radius 2 is 1.79 bits per heavy atom. The van der Waals surface area contributed by atoms with Crippen LogP contribution in [0.4, 0.5) is 5.82 Å². The van der Waals surface area contributed by atoms with Crippen molar-refractivity contribution in [1.82, 2.24) is 19.9 Å². The van der Waals surface area contributed by atoms with Gasteiger partial charge in [-0.3, -0.25) is 0 Å². The molecule has 0 amide bonds. The SMILES string of the molecule is CCCCc1nc2c(N)nc3c(c2n1Cc1ccc(CNCCC2CCCC2)cc1)=CCCC=3. The Morgan fingerprint density at radius 3 is 2.59 bits per heavy atom. The molecule has 3 N–H and O–H groups in total. The van der Waals surface area contributed by atoms with E-state index in [1.54, 1.807) is 0 Å². The molecule has 0 spiro atoms. The first-order valence-corrected chi connectivity index (χ1v) is 13.4. The number of rotatable bonds is 10. The van der Waals surface area contributed by atoms with E-state index in [2.05, 4.69) is 58.2 Å². The molecule has 2 aliphatic carbocycles. The molecule has 0 aliphatic heterocycles. The van der Waals surface area contributed by atoms with Gasteiger partial charge in [-0.1, -0.05) is 75.4 Å². The van der Waals surface area contributed by atoms with E-state index in [1.165, 1.54) is 48.4 Å². The lowest BCUT2D eigenvalue weighted by molar-refractivity contribution is 0.477. The maximum Gasteiger partial charge on any atom is 0.152 e. The van der Waals surface area contributed by atoms with Crippen molar-refractivity contribution in [3.05, 3.63) is 51.8 Å². The summed E-state index contributed by atoms with van der Waals surface area (Å²) >= 11 is 0. The van der Waals surface area contributed by atoms with Crippen LogP contribution in [0.25, 0.3) is 23.2 Å². The van der Waals surface area contributed by atoms with Crippen molar-refractivity contribution in [2.75, 3.05) is 12.3 Å². The smallest absolute Gasteiger partial charge is 0.152 e. The van der Waals surface area contributed by atoms with Crippen LogP contribution in [-0.2, 0) is 19.5 Å². The molecule has 2 heterocycles. The van der Waals surface area contributed by atoms with Crippen molar-refractivity contribution in [2.45, 2.75) is 84.2 Å². The van der Waals surface area contributed by atoms with Gasteiger partial charge in [0.2, 0.25) is 0 Å². The maximum absolute atomic E-state index is 6.37. The molecule has 3 aromatic rings. The van der Waals surface area contributed by atoms with Gasteiger partial charge in [0.05, 0.1) is 10.9 Å². The number of pyridine rings is 1. The molecule has 0 unspecified atom stereocenters. The highest BCUT2D eigenvalue weighted by Gasteiger charge is 2.17. The van der Waals surface area contributed by atoms with Crippen LogP contribution < -0.4 is 21.6 Å². The van der Waals surface area contributed by atoms with E-state index in [1.807, 2.05) is 0 Å². The highest BCUT2D eigenvalue weighted by atomic mass is 15.1. The van der Waals surface area contributed by atoms with Crippen LogP contribution in [0.15, 0.2) is 24.3 Å². The molecule has 0 atom stereocenters. The summed E-state index contributed by atoms with van der Waals surface area (Å²) in [7, 11) is 0. The van der Waals surface area contributed by atoms with Crippen LogP contribution in [0.3, 0.4) is 0 Å². The zero-order valence-corrected chi connectivity index (χ0v) is 20.7. The summed E-state index contributed by atoms with van der Waals surface area (Å²) in [5.41, 5.74) is 11.0. The molecular formula is C29H39N5. The Labute approximate surface area is 203 Å². The lowest BCUT2D eigenvalue weighted by Gasteiger charge is -2.12. The molecule has 34 heavy (non-hydrogen) atoms. The number of nitrogens with one attached hydrogen (secondary N) is 1. The third-order valence-corrected chi connectivity index (χ3v) is 7.56. The highest BCUT2D eigenvalue weighted by Crippen LogP contribution is 2.27. The minimum absolute atomic E-state index is 0.552. The van der Waals surface area contributed by atoms with Gasteiger partial charge in [-0.05, 0) is 49.3 Å². The topological polar surface area (TPSA) is 68.8 Å². The summed E-state index contributed by atoms with van der Waals surface area (Å²) in [5.74, 6) is 2.62. The monoisotopic (exact) mass is 457 g/mol. The second-order valence-corrected chi connectivity index (χ2v) is 10.1. The Bertz CT molecular complexity index is 1230. The van der Waals surface area contributed by atoms with Crippen LogP contribution in [-0.4, -0.2) is 21.1 Å². The summed E-state index contributed by atoms with van der Waals surface area (Å²) in [6.45, 7) is 5.12. The average Bonchev–Trinajstić information content (AvgIpc) is 3.50. The van der Waals surface area contributed by atoms with Crippen LogP contribution >= 0.6 is 0 Å². The number of aromatic nitrogens is 3. The molecule has 1 fully saturated rings. The van der Waals surface area contributed by atoms with E-state index >= 15 is 0 Å². The van der Waals surface area contributed by atoms with Crippen LogP contribution in [0.5, 0.6) is 0 Å². The largest absolute Gasteiger partial charge is 0.382 e. The second-order valence-electron chi connectivity index (χ2n) is 10.1. The molecule has 1 aromatic carbocycles. The van der Waals surface area contributed by atoms with E-state index in [-0.39, 0.29) is 0 Å². The van der Waals surface area contributed by atoms with Crippen molar-refractivity contribution in [1.29, 1.82) is 0 Å². The molecule has 180 valence electrons. The zero-order chi connectivity index (χ0) is 23.3. The van der Waals surface area contributed by atoms with Crippen molar-refractivity contribution in [2.24, 2.45) is 5.92 Å². The summed E-state index contributed by atoms with van der Waals surface area (Å²) in [4.78, 5) is 9.65. The van der Waals surface area contributed by atoms with Crippen LogP contribution in [0.2, 0.25) is 0 Å². The Morgan fingerprint density at radius 1 is 1.03 bits per heavy atom. The van der Waals surface area contributed by atoms with E-state index in [0.29, 0.717) is 5.82 Å². The molecule has 5 nitrogen and oxygen atoms in total. The normalized spacial score (nSPS) is 15.9. The summed E-state index contributed by atoms with van der Waals surface area (Å²) in [6, 6.07) is 9.09. The van der Waals surface area contributed by atoms with Gasteiger partial charge in [0.25, 0.3) is 0 Å². The summed E-state index contributed by atoms with van der Waals surface area (Å²) in [5, 5.41) is 5.86. The fourth-order valence-corrected chi connectivity index (χ4v) is 5.60. The standard InChI is InChI=1S/C29H39N5/c1-2-3-12-26-33-27-28(24-10-6-7-11-25(24)32-29(27)30)34(26)20-23-15-13-22(14-16-23)19-31-18-17-21-8-4-5-9-21/h10-11,13-16,21,31H,2-9,12,17-20H2,1H3,(H2,30,32). The van der Waals surface area contributed by atoms with Gasteiger partial charge in [-0.15, -0.1) is 0 Å². The van der Waals surface area contributed by atoms with Gasteiger partial charge in [-0.25, -0.2) is 9.97 Å². The van der Waals surface area contributed by atoms with Crippen LogP contribution in [0, 0.1) is 5.92 Å². The van der Waals surface area contributed by atoms with E-state index < -0.39 is 0 Å². The van der Waals surface area contributed by atoms with Gasteiger partial charge in [-0.2, -0.15) is 0 Å². The number of hydrogen-bond donors (Lipinski definition) is 2. The van der Waals surface area contributed by atoms with E-state index in [0.717, 1.165) is 79.9 Å². The molecule has 2 aromatic heterocycles. The van der Waals surface area contributed by atoms with Gasteiger partial charge >= 0.3 is 0 Å². The third kappa shape index (κ3) is 5.05. The highest BCUT2D eigenvalue weighted by molar-refractivity contribution is 5.86. The van der Waals surface area contributed by atoms with Crippen LogP contribution in [0.1, 0.15) is 81.7 Å². The molecule has 0 saturated heterocycles. The third-order valence-electron chi connectivity index (χ3n) is 7.56. The number of imidazole rings is 1. The lowest BCUT2D eigenvalue weighted by Crippen LogP contribution is -2.33. The minimum Gasteiger partial charge on any atom is -0.382 e. The first kappa shape index (κ1) is 23.1. The fraction of sp³-hybridized carbons (Fsp3) is 0.517. The second kappa shape index (κ2) is 10.7. The number of aryl methyl sites for hydroxylation is 1. The molecule has 5 heteroatoms. The van der Waals surface area contributed by atoms with Gasteiger partial charge in [0, 0.05) is 24.7 Å². The number of fused-ring (bicyclic) bond motifs is 3. The number of anilines is 1. The average molecular weight is 458 g/mol.